The van der Waals surface area contributed by atoms with Gasteiger partial charge in [-0.05, 0) is 0 Å². The van der Waals surface area contributed by atoms with Crippen LogP contribution >= 0.6 is 0 Å². The summed E-state index contributed by atoms with van der Waals surface area (Å²) in [5.41, 5.74) is 0. The normalized spacial score (nSPS) is 43.3. The van der Waals surface area contributed by atoms with Crippen molar-refractivity contribution >= 4 is 0 Å². The van der Waals surface area contributed by atoms with Gasteiger partial charge in [-0.3, -0.25) is 0 Å². The van der Waals surface area contributed by atoms with Crippen molar-refractivity contribution in [3.63, 3.8) is 0 Å². The van der Waals surface area contributed by atoms with Crippen LogP contribution in [-0.2, 0) is 14.2 Å². The van der Waals surface area contributed by atoms with Crippen molar-refractivity contribution in [2.45, 2.75) is 61.4 Å². The van der Waals surface area contributed by atoms with Crippen molar-refractivity contribution < 1.29 is 89.7 Å². The summed E-state index contributed by atoms with van der Waals surface area (Å²) in [4.78, 5) is 8.25. The summed E-state index contributed by atoms with van der Waals surface area (Å²) in [6.45, 7) is -1.35. The van der Waals surface area contributed by atoms with E-state index in [9.17, 15) is 35.7 Å². The topological polar surface area (TPSA) is 256 Å². The molecule has 1 unspecified atom stereocenters. The summed E-state index contributed by atoms with van der Waals surface area (Å²) in [6.07, 6.45) is -15.6. The third kappa shape index (κ3) is 6.92. The molecule has 8 N–H and O–H groups in total. The second-order valence-electron chi connectivity index (χ2n) is 5.75. The van der Waals surface area contributed by atoms with Crippen LogP contribution in [0.5, 0.6) is 0 Å². The molecule has 2 aliphatic heterocycles. The monoisotopic (exact) mass is 427 g/mol. The van der Waals surface area contributed by atoms with E-state index in [0.29, 0.717) is 0 Å². The predicted molar refractivity (Wildman–Crippen MR) is 79.0 cm³/mol. The fourth-order valence-electron chi connectivity index (χ4n) is 2.57. The molecule has 0 saturated carbocycles. The van der Waals surface area contributed by atoms with Gasteiger partial charge < -0.3 is 70.4 Å². The predicted octanol–water partition coefficient (Wildman–Crippen LogP) is -8.63. The molecular formula is C12H22NNaO14. The van der Waals surface area contributed by atoms with E-state index in [4.69, 9.17) is 34.6 Å². The number of ether oxygens (including phenoxy) is 3. The van der Waals surface area contributed by atoms with Gasteiger partial charge in [-0.1, -0.05) is 0 Å². The first-order valence-corrected chi connectivity index (χ1v) is 7.63. The maximum Gasteiger partial charge on any atom is 1.00 e. The molecular weight excluding hydrogens is 405 g/mol. The second kappa shape index (κ2) is 12.5. The van der Waals surface area contributed by atoms with E-state index in [1.165, 1.54) is 0 Å². The standard InChI is InChI=1S/C12H22O11.NO3.Na/c13-1-3-5(15)6(16)9(19)12(22-3)23-10-4(2-14)21-11(20)8(18)7(10)17;2-1(3)4;/h3-20H,1-2H2;;/q;-1;+1/t3-,4-,5+,6+,7-,8-,9-,10-,11?,12+;;/m1../s1. The van der Waals surface area contributed by atoms with Crippen LogP contribution in [-0.4, -0.2) is 121 Å². The number of aliphatic hydroxyl groups excluding tert-OH is 8. The molecule has 16 heteroatoms. The number of hydrogen-bond donors (Lipinski definition) is 8. The van der Waals surface area contributed by atoms with E-state index < -0.39 is 79.7 Å². The Morgan fingerprint density at radius 2 is 1.29 bits per heavy atom. The molecule has 15 nitrogen and oxygen atoms in total. The van der Waals surface area contributed by atoms with Gasteiger partial charge in [0, 0.05) is 0 Å². The zero-order valence-corrected chi connectivity index (χ0v) is 16.7. The van der Waals surface area contributed by atoms with Crippen molar-refractivity contribution in [2.75, 3.05) is 13.2 Å². The third-order valence-electron chi connectivity index (χ3n) is 3.98. The molecule has 28 heavy (non-hydrogen) atoms. The molecule has 160 valence electrons. The maximum atomic E-state index is 9.94. The zero-order chi connectivity index (χ0) is 20.9. The second-order valence-corrected chi connectivity index (χ2v) is 5.75. The SMILES string of the molecule is O=[N+]([O-])[O-].OC[C@H]1O[C@@H](O[C@H]2[C@H](O)[C@@H](O)C(O)O[C@@H]2CO)[C@H](O)[C@@H](O)[C@H]1O.[Na+]. The Bertz CT molecular complexity index is 466. The van der Waals surface area contributed by atoms with Gasteiger partial charge in [-0.25, -0.2) is 0 Å². The molecule has 2 heterocycles. The molecule has 0 aromatic rings. The number of rotatable bonds is 4. The third-order valence-corrected chi connectivity index (χ3v) is 3.98. The van der Waals surface area contributed by atoms with Crippen LogP contribution in [0.1, 0.15) is 0 Å². The number of hydrogen-bond acceptors (Lipinski definition) is 14. The van der Waals surface area contributed by atoms with Gasteiger partial charge in [-0.15, -0.1) is 0 Å². The van der Waals surface area contributed by atoms with Crippen LogP contribution < -0.4 is 29.6 Å². The first kappa shape index (κ1) is 27.8. The minimum absolute atomic E-state index is 0. The summed E-state index contributed by atoms with van der Waals surface area (Å²) >= 11 is 0. The van der Waals surface area contributed by atoms with E-state index in [1.54, 1.807) is 0 Å². The van der Waals surface area contributed by atoms with Crippen molar-refractivity contribution in [3.05, 3.63) is 15.3 Å². The van der Waals surface area contributed by atoms with E-state index in [0.717, 1.165) is 0 Å². The minimum Gasteiger partial charge on any atom is -0.394 e. The number of aliphatic hydroxyl groups is 8. The fraction of sp³-hybridized carbons (Fsp3) is 1.00. The largest absolute Gasteiger partial charge is 1.00 e. The van der Waals surface area contributed by atoms with Gasteiger partial charge in [0.1, 0.15) is 48.8 Å². The van der Waals surface area contributed by atoms with Crippen molar-refractivity contribution in [1.82, 2.24) is 0 Å². The van der Waals surface area contributed by atoms with Crippen molar-refractivity contribution in [1.29, 1.82) is 0 Å². The summed E-state index contributed by atoms with van der Waals surface area (Å²) in [5, 5.41) is 91.2. The van der Waals surface area contributed by atoms with Gasteiger partial charge in [0.2, 0.25) is 0 Å². The summed E-state index contributed by atoms with van der Waals surface area (Å²) in [7, 11) is 0. The van der Waals surface area contributed by atoms with Gasteiger partial charge in [0.05, 0.1) is 18.3 Å². The summed E-state index contributed by atoms with van der Waals surface area (Å²) in [6, 6.07) is 0. The molecule has 0 aromatic carbocycles. The van der Waals surface area contributed by atoms with Gasteiger partial charge in [-0.2, -0.15) is 0 Å². The van der Waals surface area contributed by atoms with Crippen molar-refractivity contribution in [3.8, 4) is 0 Å². The molecule has 0 amide bonds. The molecule has 2 aliphatic rings. The minimum atomic E-state index is -1.75. The Morgan fingerprint density at radius 3 is 1.75 bits per heavy atom. The maximum absolute atomic E-state index is 9.94. The molecule has 10 atom stereocenters. The molecule has 0 spiro atoms. The molecule has 0 radical (unpaired) electrons. The van der Waals surface area contributed by atoms with Gasteiger partial charge in [0.25, 0.3) is 0 Å². The first-order valence-electron chi connectivity index (χ1n) is 7.63. The number of nitrogens with zero attached hydrogens (tertiary/aromatic N) is 1. The Morgan fingerprint density at radius 1 is 0.786 bits per heavy atom. The van der Waals surface area contributed by atoms with Crippen LogP contribution in [0, 0.1) is 15.3 Å². The van der Waals surface area contributed by atoms with Gasteiger partial charge in [0.15, 0.2) is 12.6 Å². The Hall–Kier alpha value is -0.240. The molecule has 0 aliphatic carbocycles. The van der Waals surface area contributed by atoms with Crippen LogP contribution in [0.2, 0.25) is 0 Å². The van der Waals surface area contributed by atoms with Crippen LogP contribution in [0.3, 0.4) is 0 Å². The van der Waals surface area contributed by atoms with E-state index >= 15 is 0 Å². The molecule has 2 fully saturated rings. The van der Waals surface area contributed by atoms with E-state index in [-0.39, 0.29) is 29.6 Å². The average molecular weight is 427 g/mol. The quantitative estimate of drug-likeness (QED) is 0.118. The molecule has 0 bridgehead atoms. The van der Waals surface area contributed by atoms with Crippen molar-refractivity contribution in [2.24, 2.45) is 0 Å². The summed E-state index contributed by atoms with van der Waals surface area (Å²) in [5.74, 6) is 0. The van der Waals surface area contributed by atoms with Crippen LogP contribution in [0.15, 0.2) is 0 Å². The zero-order valence-electron chi connectivity index (χ0n) is 14.7. The average Bonchev–Trinajstić information content (AvgIpc) is 2.61. The molecule has 2 saturated heterocycles. The van der Waals surface area contributed by atoms with Crippen LogP contribution in [0.25, 0.3) is 0 Å². The Kier molecular flexibility index (Phi) is 12.3. The van der Waals surface area contributed by atoms with E-state index in [2.05, 4.69) is 0 Å². The van der Waals surface area contributed by atoms with E-state index in [1.807, 2.05) is 0 Å². The fourth-order valence-corrected chi connectivity index (χ4v) is 2.57. The molecule has 0 aromatic heterocycles. The Balaban J connectivity index is 0.00000133. The first-order chi connectivity index (χ1) is 12.5. The van der Waals surface area contributed by atoms with Gasteiger partial charge >= 0.3 is 29.6 Å². The Labute approximate surface area is 179 Å². The molecule has 2 rings (SSSR count). The smallest absolute Gasteiger partial charge is 0.394 e. The van der Waals surface area contributed by atoms with Crippen LogP contribution in [0.4, 0.5) is 0 Å². The summed E-state index contributed by atoms with van der Waals surface area (Å²) < 4.78 is 15.3.